The number of carbonyl (C=O) groups excluding carboxylic acids is 1. The lowest BCUT2D eigenvalue weighted by Crippen LogP contribution is -2.37. The van der Waals surface area contributed by atoms with Gasteiger partial charge in [-0.05, 0) is 79.4 Å². The second-order valence-corrected chi connectivity index (χ2v) is 10.5. The van der Waals surface area contributed by atoms with E-state index in [4.69, 9.17) is 10.5 Å². The fraction of sp³-hybridized carbons (Fsp3) is 0.400. The molecule has 0 spiro atoms. The molecular weight excluding hydrogens is 500 g/mol. The Labute approximate surface area is 227 Å². The molecule has 3 aliphatic heterocycles. The Balaban J connectivity index is 1.41. The van der Waals surface area contributed by atoms with Crippen LogP contribution in [0.25, 0.3) is 22.3 Å². The number of morpholine rings is 1. The van der Waals surface area contributed by atoms with E-state index in [1.54, 1.807) is 12.1 Å². The molecule has 2 aromatic carbocycles. The van der Waals surface area contributed by atoms with Crippen molar-refractivity contribution in [3.8, 4) is 22.3 Å². The van der Waals surface area contributed by atoms with Crippen molar-refractivity contribution < 1.29 is 18.3 Å². The molecule has 204 valence electrons. The summed E-state index contributed by atoms with van der Waals surface area (Å²) in [5.41, 5.74) is 10.9. The van der Waals surface area contributed by atoms with E-state index in [2.05, 4.69) is 20.1 Å². The quantitative estimate of drug-likeness (QED) is 0.474. The molecule has 2 fully saturated rings. The average Bonchev–Trinajstić information content (AvgIpc) is 2.95. The second-order valence-electron chi connectivity index (χ2n) is 10.5. The third-order valence-electron chi connectivity index (χ3n) is 8.00. The molecule has 0 unspecified atom stereocenters. The van der Waals surface area contributed by atoms with Crippen molar-refractivity contribution in [2.24, 2.45) is 0 Å². The number of nitrogen functional groups attached to an aromatic ring is 1. The minimum absolute atomic E-state index is 0.0890. The molecule has 3 aliphatic rings. The summed E-state index contributed by atoms with van der Waals surface area (Å²) in [6.07, 6.45) is 4.20. The van der Waals surface area contributed by atoms with Crippen LogP contribution in [0.4, 0.5) is 20.3 Å². The van der Waals surface area contributed by atoms with Crippen molar-refractivity contribution in [3.05, 3.63) is 64.9 Å². The maximum Gasteiger partial charge on any atom is 0.251 e. The number of halogens is 2. The number of amides is 1. The van der Waals surface area contributed by atoms with Gasteiger partial charge in [-0.2, -0.15) is 4.39 Å². The van der Waals surface area contributed by atoms with Crippen LogP contribution < -0.4 is 16.0 Å². The van der Waals surface area contributed by atoms with Crippen LogP contribution >= 0.6 is 0 Å². The van der Waals surface area contributed by atoms with E-state index < -0.39 is 11.8 Å². The van der Waals surface area contributed by atoms with Gasteiger partial charge >= 0.3 is 0 Å². The molecule has 39 heavy (non-hydrogen) atoms. The van der Waals surface area contributed by atoms with Crippen LogP contribution in [0.5, 0.6) is 0 Å². The number of benzene rings is 2. The third-order valence-corrected chi connectivity index (χ3v) is 8.00. The lowest BCUT2D eigenvalue weighted by molar-refractivity contribution is 0.0945. The molecule has 0 aliphatic carbocycles. The molecule has 1 amide bonds. The van der Waals surface area contributed by atoms with E-state index >= 15 is 8.78 Å². The molecule has 9 heteroatoms. The summed E-state index contributed by atoms with van der Waals surface area (Å²) in [6, 6.07) is 10.4. The standard InChI is InChI=1S/C30H33F2N5O2/c31-26-17-23-20(6-7-34-30(23)38)15-24(26)25-16-22(28(32)35-29(25)33)19-4-5-27(37-10-12-39-13-11-37)21(14-19)18-36-8-2-1-3-9-36/h4-5,14-17H,1-3,6-13,18H2,(H2,33,35)(H,34,38). The number of piperidine rings is 1. The molecule has 0 radical (unpaired) electrons. The normalized spacial score (nSPS) is 18.1. The Kier molecular flexibility index (Phi) is 7.18. The van der Waals surface area contributed by atoms with Gasteiger partial charge in [0, 0.05) is 54.1 Å². The number of nitrogens with two attached hydrogens (primary N) is 1. The summed E-state index contributed by atoms with van der Waals surface area (Å²) in [7, 11) is 0. The van der Waals surface area contributed by atoms with E-state index in [9.17, 15) is 4.79 Å². The number of fused-ring (bicyclic) bond motifs is 1. The van der Waals surface area contributed by atoms with Crippen molar-refractivity contribution in [1.82, 2.24) is 15.2 Å². The highest BCUT2D eigenvalue weighted by atomic mass is 19.1. The van der Waals surface area contributed by atoms with Crippen molar-refractivity contribution in [3.63, 3.8) is 0 Å². The second kappa shape index (κ2) is 10.9. The summed E-state index contributed by atoms with van der Waals surface area (Å²) in [5, 5.41) is 2.73. The van der Waals surface area contributed by atoms with Gasteiger partial charge in [0.2, 0.25) is 5.95 Å². The third kappa shape index (κ3) is 5.21. The fourth-order valence-corrected chi connectivity index (χ4v) is 5.92. The predicted octanol–water partition coefficient (Wildman–Crippen LogP) is 4.38. The Morgan fingerprint density at radius 2 is 1.72 bits per heavy atom. The molecule has 2 saturated heterocycles. The minimum atomic E-state index is -0.697. The molecule has 6 rings (SSSR count). The fourth-order valence-electron chi connectivity index (χ4n) is 5.92. The van der Waals surface area contributed by atoms with Crippen LogP contribution in [0.2, 0.25) is 0 Å². The lowest BCUT2D eigenvalue weighted by atomic mass is 9.93. The van der Waals surface area contributed by atoms with Gasteiger partial charge in [-0.25, -0.2) is 9.37 Å². The number of rotatable bonds is 5. The summed E-state index contributed by atoms with van der Waals surface area (Å²) in [4.78, 5) is 20.9. The van der Waals surface area contributed by atoms with Crippen molar-refractivity contribution in [2.75, 3.05) is 56.6 Å². The monoisotopic (exact) mass is 533 g/mol. The molecule has 0 saturated carbocycles. The molecule has 7 nitrogen and oxygen atoms in total. The van der Waals surface area contributed by atoms with Gasteiger partial charge in [0.1, 0.15) is 11.6 Å². The van der Waals surface area contributed by atoms with Crippen LogP contribution in [-0.4, -0.2) is 61.7 Å². The molecular formula is C30H33F2N5O2. The van der Waals surface area contributed by atoms with E-state index in [0.717, 1.165) is 49.5 Å². The summed E-state index contributed by atoms with van der Waals surface area (Å²) in [6.45, 7) is 6.33. The number of hydrogen-bond acceptors (Lipinski definition) is 6. The SMILES string of the molecule is Nc1nc(F)c(-c2ccc(N3CCOCC3)c(CN3CCCCC3)c2)cc1-c1cc2c(cc1F)C(=O)NCC2. The number of hydrogen-bond donors (Lipinski definition) is 2. The van der Waals surface area contributed by atoms with Crippen LogP contribution in [-0.2, 0) is 17.7 Å². The van der Waals surface area contributed by atoms with Gasteiger partial charge < -0.3 is 20.7 Å². The lowest BCUT2D eigenvalue weighted by Gasteiger charge is -2.33. The first kappa shape index (κ1) is 25.7. The maximum atomic E-state index is 15.3. The molecule has 0 bridgehead atoms. The molecule has 4 heterocycles. The summed E-state index contributed by atoms with van der Waals surface area (Å²) < 4.78 is 36.1. The number of pyridine rings is 1. The Bertz CT molecular complexity index is 1400. The zero-order chi connectivity index (χ0) is 26.9. The van der Waals surface area contributed by atoms with Gasteiger partial charge in [0.05, 0.1) is 13.2 Å². The maximum absolute atomic E-state index is 15.3. The highest BCUT2D eigenvalue weighted by molar-refractivity contribution is 5.97. The molecule has 3 N–H and O–H groups in total. The predicted molar refractivity (Wildman–Crippen MR) is 148 cm³/mol. The topological polar surface area (TPSA) is 83.7 Å². The van der Waals surface area contributed by atoms with Crippen LogP contribution in [0.1, 0.15) is 40.7 Å². The van der Waals surface area contributed by atoms with Gasteiger partial charge in [-0.3, -0.25) is 9.69 Å². The number of ether oxygens (including phenoxy) is 1. The Morgan fingerprint density at radius 1 is 0.923 bits per heavy atom. The largest absolute Gasteiger partial charge is 0.383 e. The molecule has 3 aromatic rings. The summed E-state index contributed by atoms with van der Waals surface area (Å²) in [5.74, 6) is -1.68. The number of nitrogens with one attached hydrogen (secondary N) is 1. The highest BCUT2D eigenvalue weighted by Gasteiger charge is 2.24. The number of carbonyl (C=O) groups is 1. The van der Waals surface area contributed by atoms with Crippen LogP contribution in [0.15, 0.2) is 36.4 Å². The van der Waals surface area contributed by atoms with Crippen molar-refractivity contribution >= 4 is 17.4 Å². The first-order valence-electron chi connectivity index (χ1n) is 13.7. The van der Waals surface area contributed by atoms with E-state index in [1.165, 1.54) is 25.3 Å². The van der Waals surface area contributed by atoms with Gasteiger partial charge in [0.15, 0.2) is 0 Å². The van der Waals surface area contributed by atoms with E-state index in [-0.39, 0.29) is 22.9 Å². The first-order chi connectivity index (χ1) is 19.0. The van der Waals surface area contributed by atoms with Crippen molar-refractivity contribution in [1.29, 1.82) is 0 Å². The number of likely N-dealkylation sites (tertiary alicyclic amines) is 1. The molecule has 1 aromatic heterocycles. The Hall–Kier alpha value is -3.56. The van der Waals surface area contributed by atoms with Gasteiger partial charge in [-0.15, -0.1) is 0 Å². The highest BCUT2D eigenvalue weighted by Crippen LogP contribution is 2.37. The number of nitrogens with zero attached hydrogens (tertiary/aromatic N) is 3. The zero-order valence-electron chi connectivity index (χ0n) is 21.9. The summed E-state index contributed by atoms with van der Waals surface area (Å²) >= 11 is 0. The first-order valence-corrected chi connectivity index (χ1v) is 13.7. The van der Waals surface area contributed by atoms with Gasteiger partial charge in [0.25, 0.3) is 5.91 Å². The Morgan fingerprint density at radius 3 is 2.51 bits per heavy atom. The number of anilines is 2. The molecule has 0 atom stereocenters. The van der Waals surface area contributed by atoms with E-state index in [1.807, 2.05) is 18.2 Å². The van der Waals surface area contributed by atoms with Crippen molar-refractivity contribution in [2.45, 2.75) is 32.2 Å². The smallest absolute Gasteiger partial charge is 0.251 e. The van der Waals surface area contributed by atoms with Crippen LogP contribution in [0, 0.1) is 11.8 Å². The average molecular weight is 534 g/mol. The zero-order valence-corrected chi connectivity index (χ0v) is 21.9. The van der Waals surface area contributed by atoms with E-state index in [0.29, 0.717) is 42.9 Å². The minimum Gasteiger partial charge on any atom is -0.383 e. The van der Waals surface area contributed by atoms with Gasteiger partial charge in [-0.1, -0.05) is 12.5 Å². The van der Waals surface area contributed by atoms with Crippen LogP contribution in [0.3, 0.4) is 0 Å². The number of aromatic nitrogens is 1.